The third-order valence-corrected chi connectivity index (χ3v) is 4.01. The molecule has 0 saturated carbocycles. The van der Waals surface area contributed by atoms with Crippen LogP contribution < -0.4 is 10.5 Å². The number of ether oxygens (including phenoxy) is 1. The van der Waals surface area contributed by atoms with Gasteiger partial charge < -0.3 is 15.0 Å². The lowest BCUT2D eigenvalue weighted by Crippen LogP contribution is -2.17. The van der Waals surface area contributed by atoms with Gasteiger partial charge in [0.15, 0.2) is 0 Å². The first-order valence-corrected chi connectivity index (χ1v) is 7.96. The fraction of sp³-hybridized carbons (Fsp3) is 0.389. The molecule has 4 nitrogen and oxygen atoms in total. The largest absolute Gasteiger partial charge is 0.573 e. The Morgan fingerprint density at radius 3 is 2.44 bits per heavy atom. The number of halogens is 3. The van der Waals surface area contributed by atoms with Crippen molar-refractivity contribution in [3.8, 4) is 16.9 Å². The summed E-state index contributed by atoms with van der Waals surface area (Å²) in [4.78, 5) is 12.0. The van der Waals surface area contributed by atoms with Gasteiger partial charge >= 0.3 is 6.36 Å². The van der Waals surface area contributed by atoms with Crippen molar-refractivity contribution in [1.29, 1.82) is 0 Å². The molecule has 0 aliphatic heterocycles. The number of rotatable bonds is 5. The number of carbonyl (C=O) groups excluding carboxylic acids is 1. The van der Waals surface area contributed by atoms with E-state index in [9.17, 15) is 18.0 Å². The summed E-state index contributed by atoms with van der Waals surface area (Å²) in [7, 11) is 0. The quantitative estimate of drug-likeness (QED) is 0.853. The molecule has 0 aliphatic carbocycles. The maximum atomic E-state index is 12.5. The van der Waals surface area contributed by atoms with Crippen LogP contribution in [0, 0.1) is 6.92 Å². The van der Waals surface area contributed by atoms with Gasteiger partial charge in [-0.25, -0.2) is 0 Å². The van der Waals surface area contributed by atoms with E-state index in [-0.39, 0.29) is 11.8 Å². The summed E-state index contributed by atoms with van der Waals surface area (Å²) in [5, 5.41) is 0. The summed E-state index contributed by atoms with van der Waals surface area (Å²) >= 11 is 0. The van der Waals surface area contributed by atoms with Crippen molar-refractivity contribution in [2.24, 2.45) is 5.73 Å². The number of nitrogens with two attached hydrogens (primary N) is 1. The van der Waals surface area contributed by atoms with E-state index in [0.717, 1.165) is 5.69 Å². The predicted octanol–water partition coefficient (Wildman–Crippen LogP) is 4.60. The van der Waals surface area contributed by atoms with E-state index in [0.29, 0.717) is 28.8 Å². The Morgan fingerprint density at radius 1 is 1.32 bits per heavy atom. The van der Waals surface area contributed by atoms with Crippen molar-refractivity contribution >= 4 is 5.91 Å². The molecular formula is C18H21F3N2O2. The van der Waals surface area contributed by atoms with Gasteiger partial charge in [0.05, 0.1) is 5.56 Å². The van der Waals surface area contributed by atoms with Gasteiger partial charge in [-0.2, -0.15) is 0 Å². The molecule has 0 spiro atoms. The van der Waals surface area contributed by atoms with Crippen molar-refractivity contribution in [3.63, 3.8) is 0 Å². The molecule has 0 fully saturated rings. The summed E-state index contributed by atoms with van der Waals surface area (Å²) < 4.78 is 43.5. The molecule has 0 unspecified atom stereocenters. The highest BCUT2D eigenvalue weighted by molar-refractivity contribution is 6.02. The van der Waals surface area contributed by atoms with Crippen molar-refractivity contribution in [2.75, 3.05) is 0 Å². The molecule has 1 aromatic heterocycles. The Kier molecular flexibility index (Phi) is 5.15. The van der Waals surface area contributed by atoms with Crippen LogP contribution in [0.3, 0.4) is 0 Å². The average molecular weight is 354 g/mol. The number of primary amides is 1. The van der Waals surface area contributed by atoms with Crippen LogP contribution in [0.15, 0.2) is 24.3 Å². The number of carbonyl (C=O) groups is 1. The number of benzene rings is 1. The molecule has 2 aromatic rings. The topological polar surface area (TPSA) is 57.2 Å². The van der Waals surface area contributed by atoms with Crippen LogP contribution in [0.2, 0.25) is 0 Å². The predicted molar refractivity (Wildman–Crippen MR) is 89.6 cm³/mol. The molecular weight excluding hydrogens is 333 g/mol. The molecule has 0 bridgehead atoms. The highest BCUT2D eigenvalue weighted by atomic mass is 19.4. The van der Waals surface area contributed by atoms with Crippen LogP contribution in [-0.2, 0) is 6.42 Å². The first-order valence-electron chi connectivity index (χ1n) is 7.96. The standard InChI is InChI=1S/C18H21F3N2O2/c1-5-14-16(15(17(22)24)11(4)23(14)10(2)3)12-7-6-8-13(9-12)25-18(19,20)21/h6-10H,5H2,1-4H3,(H2,22,24). The molecule has 0 atom stereocenters. The van der Waals surface area contributed by atoms with Gasteiger partial charge in [0.2, 0.25) is 0 Å². The van der Waals surface area contributed by atoms with Crippen LogP contribution >= 0.6 is 0 Å². The van der Waals surface area contributed by atoms with Crippen LogP contribution in [-0.4, -0.2) is 16.8 Å². The van der Waals surface area contributed by atoms with Crippen molar-refractivity contribution < 1.29 is 22.7 Å². The van der Waals surface area contributed by atoms with Crippen LogP contribution in [0.5, 0.6) is 5.75 Å². The number of hydrogen-bond acceptors (Lipinski definition) is 2. The van der Waals surface area contributed by atoms with Gasteiger partial charge in [-0.1, -0.05) is 19.1 Å². The number of amides is 1. The summed E-state index contributed by atoms with van der Waals surface area (Å²) in [6, 6.07) is 5.69. The Morgan fingerprint density at radius 2 is 1.96 bits per heavy atom. The Hall–Kier alpha value is -2.44. The monoisotopic (exact) mass is 354 g/mol. The van der Waals surface area contributed by atoms with Crippen LogP contribution in [0.4, 0.5) is 13.2 Å². The average Bonchev–Trinajstić information content (AvgIpc) is 2.78. The third kappa shape index (κ3) is 3.81. The summed E-state index contributed by atoms with van der Waals surface area (Å²) in [6.45, 7) is 7.67. The van der Waals surface area contributed by atoms with Crippen LogP contribution in [0.25, 0.3) is 11.1 Å². The Labute approximate surface area is 144 Å². The third-order valence-electron chi connectivity index (χ3n) is 4.01. The second kappa shape index (κ2) is 6.82. The van der Waals surface area contributed by atoms with Crippen LogP contribution in [0.1, 0.15) is 48.6 Å². The van der Waals surface area contributed by atoms with E-state index in [1.165, 1.54) is 18.2 Å². The number of hydrogen-bond donors (Lipinski definition) is 1. The van der Waals surface area contributed by atoms with E-state index >= 15 is 0 Å². The molecule has 1 aromatic carbocycles. The SMILES string of the molecule is CCc1c(-c2cccc(OC(F)(F)F)c2)c(C(N)=O)c(C)n1C(C)C. The van der Waals surface area contributed by atoms with Crippen molar-refractivity contribution in [2.45, 2.75) is 46.5 Å². The van der Waals surface area contributed by atoms with Gasteiger partial charge in [-0.3, -0.25) is 4.79 Å². The zero-order chi connectivity index (χ0) is 18.9. The molecule has 136 valence electrons. The fourth-order valence-corrected chi connectivity index (χ4v) is 3.28. The lowest BCUT2D eigenvalue weighted by atomic mass is 9.98. The zero-order valence-corrected chi connectivity index (χ0v) is 14.6. The number of aromatic nitrogens is 1. The minimum Gasteiger partial charge on any atom is -0.406 e. The van der Waals surface area contributed by atoms with Gasteiger partial charge in [0, 0.05) is 23.0 Å². The molecule has 1 amide bonds. The highest BCUT2D eigenvalue weighted by Crippen LogP contribution is 2.37. The summed E-state index contributed by atoms with van der Waals surface area (Å²) in [6.07, 6.45) is -4.18. The van der Waals surface area contributed by atoms with Gasteiger partial charge in [0.25, 0.3) is 5.91 Å². The smallest absolute Gasteiger partial charge is 0.406 e. The Balaban J connectivity index is 2.72. The van der Waals surface area contributed by atoms with Gasteiger partial charge in [-0.05, 0) is 44.9 Å². The molecule has 2 rings (SSSR count). The molecule has 25 heavy (non-hydrogen) atoms. The second-order valence-corrected chi connectivity index (χ2v) is 6.04. The Bertz CT molecular complexity index is 792. The van der Waals surface area contributed by atoms with Crippen molar-refractivity contribution in [3.05, 3.63) is 41.2 Å². The highest BCUT2D eigenvalue weighted by Gasteiger charge is 2.31. The second-order valence-electron chi connectivity index (χ2n) is 6.04. The van der Waals surface area contributed by atoms with E-state index in [1.807, 2.05) is 25.3 Å². The fourth-order valence-electron chi connectivity index (χ4n) is 3.28. The first kappa shape index (κ1) is 18.9. The zero-order valence-electron chi connectivity index (χ0n) is 14.6. The van der Waals surface area contributed by atoms with E-state index < -0.39 is 12.3 Å². The molecule has 0 aliphatic rings. The first-order chi connectivity index (χ1) is 11.6. The number of alkyl halides is 3. The lowest BCUT2D eigenvalue weighted by Gasteiger charge is -2.16. The normalized spacial score (nSPS) is 11.8. The number of nitrogens with zero attached hydrogens (tertiary/aromatic N) is 1. The van der Waals surface area contributed by atoms with Gasteiger partial charge in [0.1, 0.15) is 5.75 Å². The van der Waals surface area contributed by atoms with Crippen molar-refractivity contribution in [1.82, 2.24) is 4.57 Å². The minimum absolute atomic E-state index is 0.0800. The molecule has 7 heteroatoms. The van der Waals surface area contributed by atoms with E-state index in [2.05, 4.69) is 4.74 Å². The van der Waals surface area contributed by atoms with E-state index in [4.69, 9.17) is 5.73 Å². The maximum Gasteiger partial charge on any atom is 0.573 e. The summed E-state index contributed by atoms with van der Waals surface area (Å²) in [5.74, 6) is -0.943. The molecule has 2 N–H and O–H groups in total. The lowest BCUT2D eigenvalue weighted by molar-refractivity contribution is -0.274. The van der Waals surface area contributed by atoms with Gasteiger partial charge in [-0.15, -0.1) is 13.2 Å². The van der Waals surface area contributed by atoms with E-state index in [1.54, 1.807) is 13.0 Å². The summed E-state index contributed by atoms with van der Waals surface area (Å²) in [5.41, 5.74) is 8.48. The molecule has 0 saturated heterocycles. The minimum atomic E-state index is -4.78. The molecule has 0 radical (unpaired) electrons. The molecule has 1 heterocycles. The maximum absolute atomic E-state index is 12.5.